The summed E-state index contributed by atoms with van der Waals surface area (Å²) in [6.45, 7) is 0. The minimum atomic E-state index is -0.258. The molecule has 0 heteroatoms. The van der Waals surface area contributed by atoms with Crippen LogP contribution >= 0.6 is 0 Å². The fourth-order valence-electron chi connectivity index (χ4n) is 26.6. The van der Waals surface area contributed by atoms with Crippen molar-refractivity contribution in [3.63, 3.8) is 0 Å². The molecule has 5 aliphatic carbocycles. The molecule has 0 amide bonds. The van der Waals surface area contributed by atoms with E-state index in [1.807, 2.05) is 0 Å². The molecule has 298 valence electrons. The topological polar surface area (TPSA) is 0 Å². The molecule has 0 unspecified atom stereocenters. The molecule has 0 heterocycles. The fourth-order valence-corrected chi connectivity index (χ4v) is 26.6. The second-order valence-corrected chi connectivity index (χ2v) is 26.8. The predicted molar refractivity (Wildman–Crippen MR) is 305 cm³/mol. The van der Waals surface area contributed by atoms with E-state index in [0.29, 0.717) is 0 Å². The van der Waals surface area contributed by atoms with Crippen LogP contribution in [0.4, 0.5) is 0 Å². The number of benzene rings is 20. The molecule has 0 fully saturated rings. The third-order valence-corrected chi connectivity index (χ3v) is 26.7. The lowest BCUT2D eigenvalue weighted by atomic mass is 9.46. The highest BCUT2D eigenvalue weighted by Gasteiger charge is 2.70. The van der Waals surface area contributed by atoms with Crippen LogP contribution in [-0.4, -0.2) is 0 Å². The second kappa shape index (κ2) is 5.98. The normalized spacial score (nSPS) is 22.2. The lowest BCUT2D eigenvalue weighted by Gasteiger charge is -2.54. The van der Waals surface area contributed by atoms with Crippen molar-refractivity contribution in [2.45, 2.75) is 23.7 Å². The van der Waals surface area contributed by atoms with Crippen LogP contribution in [-0.2, 0) is 23.7 Å². The number of hydrogen-bond acceptors (Lipinski definition) is 0. The molecule has 0 aromatic heterocycles. The zero-order valence-corrected chi connectivity index (χ0v) is 36.9. The molecule has 0 bridgehead atoms. The van der Waals surface area contributed by atoms with Gasteiger partial charge in [0.2, 0.25) is 0 Å². The van der Waals surface area contributed by atoms with E-state index in [1.54, 1.807) is 330 Å². The van der Waals surface area contributed by atoms with Crippen molar-refractivity contribution >= 4 is 302 Å². The monoisotopic (exact) mass is 874 g/mol. The molecule has 0 atom stereocenters. The van der Waals surface area contributed by atoms with Gasteiger partial charge in [0.05, 0.1) is 0 Å². The van der Waals surface area contributed by atoms with Crippen molar-refractivity contribution in [1.29, 1.82) is 0 Å². The van der Waals surface area contributed by atoms with Crippen LogP contribution in [0.2, 0.25) is 0 Å². The largest absolute Gasteiger partial charge is 0.0614 e. The third-order valence-electron chi connectivity index (χ3n) is 26.7. The summed E-state index contributed by atoms with van der Waals surface area (Å²) in [6.07, 6.45) is 2.13. The van der Waals surface area contributed by atoms with Gasteiger partial charge in [-0.3, -0.25) is 0 Å². The molecule has 72 heavy (non-hydrogen) atoms. The van der Waals surface area contributed by atoms with Crippen LogP contribution in [0.25, 0.3) is 302 Å². The zero-order valence-electron chi connectivity index (χ0n) is 36.9. The first-order valence-electron chi connectivity index (χ1n) is 27.2. The summed E-state index contributed by atoms with van der Waals surface area (Å²) < 4.78 is 0. The quantitative estimate of drug-likeness (QED) is 0.133. The second-order valence-electron chi connectivity index (χ2n) is 26.8. The highest BCUT2D eigenvalue weighted by Crippen LogP contribution is 2.85. The Morgan fingerprint density at radius 1 is 0.167 bits per heavy atom. The fraction of sp³-hybridized carbons (Fsp3) is 0.0556. The van der Waals surface area contributed by atoms with E-state index in [0.717, 1.165) is 12.8 Å². The Bertz CT molecular complexity index is 7100. The lowest BCUT2D eigenvalue weighted by molar-refractivity contribution is 0.322. The van der Waals surface area contributed by atoms with Gasteiger partial charge in [0, 0.05) is 10.8 Å². The van der Waals surface area contributed by atoms with Gasteiger partial charge >= 0.3 is 0 Å². The van der Waals surface area contributed by atoms with Gasteiger partial charge in [-0.2, -0.15) is 0 Å². The van der Waals surface area contributed by atoms with Gasteiger partial charge in [-0.15, -0.1) is 0 Å². The van der Waals surface area contributed by atoms with Crippen LogP contribution < -0.4 is 0 Å². The van der Waals surface area contributed by atoms with E-state index in [4.69, 9.17) is 0 Å². The van der Waals surface area contributed by atoms with Crippen molar-refractivity contribution in [3.05, 3.63) is 69.8 Å². The Hall–Kier alpha value is -8.84. The van der Waals surface area contributed by atoms with E-state index in [2.05, 4.69) is 36.4 Å². The van der Waals surface area contributed by atoms with Gasteiger partial charge in [0.15, 0.2) is 0 Å². The summed E-state index contributed by atoms with van der Waals surface area (Å²) in [4.78, 5) is 0. The summed E-state index contributed by atoms with van der Waals surface area (Å²) in [7, 11) is 0. The van der Waals surface area contributed by atoms with Crippen LogP contribution in [0.1, 0.15) is 33.4 Å². The van der Waals surface area contributed by atoms with Crippen molar-refractivity contribution in [2.75, 3.05) is 0 Å². The van der Waals surface area contributed by atoms with E-state index < -0.39 is 0 Å². The molecule has 0 nitrogen and oxygen atoms in total. The Morgan fingerprint density at radius 2 is 0.319 bits per heavy atom. The van der Waals surface area contributed by atoms with Crippen LogP contribution in [0.3, 0.4) is 0 Å². The summed E-state index contributed by atoms with van der Waals surface area (Å²) in [5.74, 6) is 0. The lowest BCUT2D eigenvalue weighted by Crippen LogP contribution is -2.54. The first kappa shape index (κ1) is 26.4. The van der Waals surface area contributed by atoms with E-state index in [9.17, 15) is 0 Å². The van der Waals surface area contributed by atoms with Gasteiger partial charge in [-0.1, -0.05) is 36.4 Å². The highest BCUT2D eigenvalue weighted by molar-refractivity contribution is 6.82. The van der Waals surface area contributed by atoms with Crippen molar-refractivity contribution in [3.8, 4) is 0 Å². The number of rotatable bonds is 0. The highest BCUT2D eigenvalue weighted by atomic mass is 14.7. The summed E-state index contributed by atoms with van der Waals surface area (Å²) in [5, 5.41) is 93.9. The predicted octanol–water partition coefficient (Wildman–Crippen LogP) is 19.2. The smallest absolute Gasteiger partial charge is 0.0410 e. The molecule has 0 aliphatic heterocycles. The third kappa shape index (κ3) is 1.40. The minimum Gasteiger partial charge on any atom is -0.0614 e. The molecule has 0 N–H and O–H groups in total. The first-order valence-corrected chi connectivity index (χ1v) is 27.2. The Kier molecular flexibility index (Phi) is 2.19. The Morgan fingerprint density at radius 3 is 0.486 bits per heavy atom. The van der Waals surface area contributed by atoms with E-state index in [-0.39, 0.29) is 10.8 Å². The molecule has 5 aliphatic rings. The maximum absolute atomic E-state index is 2.61. The molecule has 30 aromatic carbocycles. The maximum atomic E-state index is 2.61. The summed E-state index contributed by atoms with van der Waals surface area (Å²) in [5.41, 5.74) is 9.85. The first-order chi connectivity index (χ1) is 35.9. The van der Waals surface area contributed by atoms with Crippen molar-refractivity contribution in [2.24, 2.45) is 0 Å². The Labute approximate surface area is 392 Å². The van der Waals surface area contributed by atoms with Gasteiger partial charge in [0.25, 0.3) is 0 Å². The van der Waals surface area contributed by atoms with E-state index in [1.165, 1.54) is 5.39 Å². The van der Waals surface area contributed by atoms with Crippen LogP contribution in [0.15, 0.2) is 36.4 Å². The van der Waals surface area contributed by atoms with Gasteiger partial charge in [-0.05, 0) is 348 Å². The molecule has 0 saturated carbocycles. The molecular weight excluding hydrogens is 865 g/mol. The summed E-state index contributed by atoms with van der Waals surface area (Å²) >= 11 is 0. The molecule has 30 aromatic rings. The van der Waals surface area contributed by atoms with E-state index >= 15 is 0 Å². The molecular formula is C72H10. The van der Waals surface area contributed by atoms with Gasteiger partial charge < -0.3 is 0 Å². The van der Waals surface area contributed by atoms with Crippen molar-refractivity contribution < 1.29 is 0 Å². The van der Waals surface area contributed by atoms with Crippen LogP contribution in [0, 0.1) is 0 Å². The molecule has 0 saturated heterocycles. The number of hydrogen-bond donors (Lipinski definition) is 0. The summed E-state index contributed by atoms with van der Waals surface area (Å²) in [6, 6.07) is 15.0. The molecule has 0 radical (unpaired) electrons. The maximum Gasteiger partial charge on any atom is 0.0410 e. The zero-order chi connectivity index (χ0) is 42.5. The minimum absolute atomic E-state index is 0.258. The standard InChI is InChI=1S/C72H10/c1-3-9-4-2-6-11-8-72-69-61-53-43-33-25-17-14-13-15-19-21(17)29-35-27(19)37-31-23(15)24-16(13)20-22-18(14)26(25)34-40-30(22)36-28(20)38-32(24)42-41(31)51-45(37)55-49(35)57(47(53)39(29)33)65(69)63(55)67-59(51)60-52(42)46(38)56-50(36)58-48(40)54(44(34)43)62(61)70(72)66(58)64(56)68(60)71(67,72)7-10(5-1)12(9)11/h1-6H,7-8H2. The average Bonchev–Trinajstić information content (AvgIpc) is 4.35. The van der Waals surface area contributed by atoms with Gasteiger partial charge in [-0.25, -0.2) is 0 Å². The average molecular weight is 875 g/mol. The molecule has 2 spiro atoms. The van der Waals surface area contributed by atoms with Crippen LogP contribution in [0.5, 0.6) is 0 Å². The Balaban J connectivity index is 1.16. The SMILES string of the molecule is c1cc2c3c(cccc3c1)CC13c4c5c6c7c8c9c(c%10c%11c1c1c4c4c%12c5c5c6c6c8c8c%13c9c9c%10c%10c%11c%11c1c1c4c4c%12c%12c5c5c6c8c6c8c%13c9c9c%10c%10c%11c1c1c4c4c%12c5c6c5c8c9c%10c1c45)C73C2. The van der Waals surface area contributed by atoms with Gasteiger partial charge in [0.1, 0.15) is 0 Å². The molecule has 35 rings (SSSR count). The van der Waals surface area contributed by atoms with Crippen molar-refractivity contribution in [1.82, 2.24) is 0 Å².